The second kappa shape index (κ2) is 11.7. The zero-order valence-electron chi connectivity index (χ0n) is 22.5. The highest BCUT2D eigenvalue weighted by Crippen LogP contribution is 2.39. The van der Waals surface area contributed by atoms with E-state index in [2.05, 4.69) is 10.2 Å². The van der Waals surface area contributed by atoms with Gasteiger partial charge in [0.25, 0.3) is 5.91 Å². The molecule has 1 unspecified atom stereocenters. The highest BCUT2D eigenvalue weighted by atomic mass is 16.2. The van der Waals surface area contributed by atoms with Gasteiger partial charge in [-0.1, -0.05) is 78.9 Å². The maximum absolute atomic E-state index is 13.9. The summed E-state index contributed by atoms with van der Waals surface area (Å²) in [5, 5.41) is 3.03. The highest BCUT2D eigenvalue weighted by Gasteiger charge is 2.54. The molecule has 2 aliphatic heterocycles. The number of anilines is 1. The first-order chi connectivity index (χ1) is 19.0. The number of amides is 3. The molecule has 3 amide bonds. The molecule has 5 rings (SSSR count). The summed E-state index contributed by atoms with van der Waals surface area (Å²) in [5.41, 5.74) is 2.36. The molecule has 7 nitrogen and oxygen atoms in total. The van der Waals surface area contributed by atoms with Gasteiger partial charge in [0, 0.05) is 25.2 Å². The summed E-state index contributed by atoms with van der Waals surface area (Å²) < 4.78 is 0. The van der Waals surface area contributed by atoms with E-state index in [-0.39, 0.29) is 30.3 Å². The van der Waals surface area contributed by atoms with Crippen LogP contribution in [-0.4, -0.2) is 59.4 Å². The van der Waals surface area contributed by atoms with Crippen molar-refractivity contribution in [3.05, 3.63) is 102 Å². The standard InChI is InChI=1S/C32H36N4O3/c1-25(27-13-7-3-8-14-27)33-29(37)23-35-24-36(28-15-9-4-10-16-28)32(31(35)39)19-21-34(22-20-32)30(38)18-17-26-11-5-2-6-12-26/h2-16,25H,17-24H2,1H3,(H,33,37). The van der Waals surface area contributed by atoms with Crippen LogP contribution in [0.25, 0.3) is 0 Å². The molecule has 2 aliphatic rings. The molecule has 1 atom stereocenters. The predicted octanol–water partition coefficient (Wildman–Crippen LogP) is 4.16. The number of para-hydroxylation sites is 1. The van der Waals surface area contributed by atoms with Crippen LogP contribution in [-0.2, 0) is 20.8 Å². The summed E-state index contributed by atoms with van der Waals surface area (Å²) in [4.78, 5) is 45.6. The van der Waals surface area contributed by atoms with Crippen molar-refractivity contribution < 1.29 is 14.4 Å². The number of piperidine rings is 1. The molecule has 1 N–H and O–H groups in total. The molecule has 0 radical (unpaired) electrons. The van der Waals surface area contributed by atoms with Crippen molar-refractivity contribution in [2.45, 2.75) is 44.2 Å². The van der Waals surface area contributed by atoms with Gasteiger partial charge >= 0.3 is 0 Å². The molecule has 0 bridgehead atoms. The summed E-state index contributed by atoms with van der Waals surface area (Å²) in [5.74, 6) is -0.0971. The van der Waals surface area contributed by atoms with Crippen LogP contribution in [0.4, 0.5) is 5.69 Å². The Kier molecular flexibility index (Phi) is 7.96. The van der Waals surface area contributed by atoms with Gasteiger partial charge in [-0.25, -0.2) is 0 Å². The molecule has 2 heterocycles. The highest BCUT2D eigenvalue weighted by molar-refractivity contribution is 5.96. The number of aryl methyl sites for hydroxylation is 1. The fourth-order valence-electron chi connectivity index (χ4n) is 5.79. The predicted molar refractivity (Wildman–Crippen MR) is 152 cm³/mol. The van der Waals surface area contributed by atoms with E-state index in [0.29, 0.717) is 45.4 Å². The van der Waals surface area contributed by atoms with E-state index >= 15 is 0 Å². The first-order valence-electron chi connectivity index (χ1n) is 13.7. The molecular weight excluding hydrogens is 488 g/mol. The Morgan fingerprint density at radius 1 is 0.872 bits per heavy atom. The van der Waals surface area contributed by atoms with Gasteiger partial charge in [0.1, 0.15) is 12.1 Å². The van der Waals surface area contributed by atoms with Crippen LogP contribution in [0.5, 0.6) is 0 Å². The van der Waals surface area contributed by atoms with Gasteiger partial charge in [0.15, 0.2) is 0 Å². The molecule has 3 aromatic carbocycles. The topological polar surface area (TPSA) is 73.0 Å². The minimum absolute atomic E-state index is 0.000805. The molecule has 0 saturated carbocycles. The normalized spacial score (nSPS) is 17.4. The van der Waals surface area contributed by atoms with Crippen LogP contribution in [0.2, 0.25) is 0 Å². The zero-order valence-corrected chi connectivity index (χ0v) is 22.5. The Balaban J connectivity index is 1.26. The molecular formula is C32H36N4O3. The molecule has 202 valence electrons. The second-order valence-electron chi connectivity index (χ2n) is 10.5. The fraction of sp³-hybridized carbons (Fsp3) is 0.344. The summed E-state index contributed by atoms with van der Waals surface area (Å²) in [6.45, 7) is 3.33. The number of rotatable bonds is 8. The fourth-order valence-corrected chi connectivity index (χ4v) is 5.79. The Hall–Kier alpha value is -4.13. The SMILES string of the molecule is CC(NC(=O)CN1CN(c2ccccc2)C2(CCN(C(=O)CCc3ccccc3)CC2)C1=O)c1ccccc1. The molecule has 39 heavy (non-hydrogen) atoms. The maximum atomic E-state index is 13.9. The van der Waals surface area contributed by atoms with Gasteiger partial charge in [-0.2, -0.15) is 0 Å². The van der Waals surface area contributed by atoms with Crippen molar-refractivity contribution in [2.24, 2.45) is 0 Å². The van der Waals surface area contributed by atoms with Crippen molar-refractivity contribution in [2.75, 3.05) is 31.2 Å². The first-order valence-corrected chi connectivity index (χ1v) is 13.7. The lowest BCUT2D eigenvalue weighted by Crippen LogP contribution is -2.57. The Bertz CT molecular complexity index is 1270. The minimum atomic E-state index is -0.761. The van der Waals surface area contributed by atoms with E-state index < -0.39 is 5.54 Å². The van der Waals surface area contributed by atoms with E-state index in [9.17, 15) is 14.4 Å². The van der Waals surface area contributed by atoms with E-state index in [1.54, 1.807) is 4.90 Å². The van der Waals surface area contributed by atoms with E-state index in [1.807, 2.05) is 103 Å². The van der Waals surface area contributed by atoms with E-state index in [4.69, 9.17) is 0 Å². The number of hydrogen-bond donors (Lipinski definition) is 1. The number of nitrogens with one attached hydrogen (secondary N) is 1. The Morgan fingerprint density at radius 3 is 2.10 bits per heavy atom. The lowest BCUT2D eigenvalue weighted by Gasteiger charge is -2.43. The van der Waals surface area contributed by atoms with Crippen LogP contribution < -0.4 is 10.2 Å². The second-order valence-corrected chi connectivity index (χ2v) is 10.5. The molecule has 3 aromatic rings. The number of likely N-dealkylation sites (tertiary alicyclic amines) is 1. The molecule has 0 aromatic heterocycles. The number of carbonyl (C=O) groups excluding carboxylic acids is 3. The van der Waals surface area contributed by atoms with E-state index in [0.717, 1.165) is 16.8 Å². The number of benzene rings is 3. The molecule has 0 aliphatic carbocycles. The van der Waals surface area contributed by atoms with Gasteiger partial charge in [0.05, 0.1) is 12.7 Å². The van der Waals surface area contributed by atoms with Gasteiger partial charge in [-0.15, -0.1) is 0 Å². The van der Waals surface area contributed by atoms with Crippen LogP contribution in [0.15, 0.2) is 91.0 Å². The Labute approximate surface area is 230 Å². The Morgan fingerprint density at radius 2 is 1.46 bits per heavy atom. The average Bonchev–Trinajstić information content (AvgIpc) is 3.23. The summed E-state index contributed by atoms with van der Waals surface area (Å²) in [7, 11) is 0. The van der Waals surface area contributed by atoms with Crippen LogP contribution >= 0.6 is 0 Å². The summed E-state index contributed by atoms with van der Waals surface area (Å²) in [6, 6.07) is 29.6. The molecule has 2 fully saturated rings. The smallest absolute Gasteiger partial charge is 0.250 e. The lowest BCUT2D eigenvalue weighted by molar-refractivity contribution is -0.140. The molecule has 2 saturated heterocycles. The molecule has 7 heteroatoms. The monoisotopic (exact) mass is 524 g/mol. The third-order valence-corrected chi connectivity index (χ3v) is 8.01. The van der Waals surface area contributed by atoms with Crippen molar-refractivity contribution in [3.8, 4) is 0 Å². The van der Waals surface area contributed by atoms with Crippen molar-refractivity contribution in [3.63, 3.8) is 0 Å². The summed E-state index contributed by atoms with van der Waals surface area (Å²) in [6.07, 6.45) is 2.24. The number of nitrogens with zero attached hydrogens (tertiary/aromatic N) is 3. The minimum Gasteiger partial charge on any atom is -0.348 e. The lowest BCUT2D eigenvalue weighted by atomic mass is 9.85. The van der Waals surface area contributed by atoms with Gasteiger partial charge in [-0.3, -0.25) is 14.4 Å². The largest absolute Gasteiger partial charge is 0.348 e. The van der Waals surface area contributed by atoms with Crippen molar-refractivity contribution >= 4 is 23.4 Å². The number of carbonyl (C=O) groups is 3. The maximum Gasteiger partial charge on any atom is 0.250 e. The van der Waals surface area contributed by atoms with Crippen LogP contribution in [0.3, 0.4) is 0 Å². The molecule has 1 spiro atoms. The van der Waals surface area contributed by atoms with Gasteiger partial charge in [0.2, 0.25) is 11.8 Å². The van der Waals surface area contributed by atoms with Gasteiger partial charge < -0.3 is 20.0 Å². The first kappa shape index (κ1) is 26.5. The average molecular weight is 525 g/mol. The van der Waals surface area contributed by atoms with Crippen molar-refractivity contribution in [1.29, 1.82) is 0 Å². The van der Waals surface area contributed by atoms with Crippen LogP contribution in [0.1, 0.15) is 43.4 Å². The van der Waals surface area contributed by atoms with Crippen LogP contribution in [0, 0.1) is 0 Å². The quantitative estimate of drug-likeness (QED) is 0.480. The van der Waals surface area contributed by atoms with Gasteiger partial charge in [-0.05, 0) is 49.4 Å². The summed E-state index contributed by atoms with van der Waals surface area (Å²) >= 11 is 0. The third-order valence-electron chi connectivity index (χ3n) is 8.01. The zero-order chi connectivity index (χ0) is 27.2. The van der Waals surface area contributed by atoms with Crippen molar-refractivity contribution in [1.82, 2.24) is 15.1 Å². The number of hydrogen-bond acceptors (Lipinski definition) is 4. The third kappa shape index (κ3) is 5.82. The van der Waals surface area contributed by atoms with E-state index in [1.165, 1.54) is 0 Å².